The summed E-state index contributed by atoms with van der Waals surface area (Å²) >= 11 is 5.93. The third-order valence-electron chi connectivity index (χ3n) is 5.35. The number of amides is 1. The second-order valence-corrected chi connectivity index (χ2v) is 9.98. The number of carbonyl (C=O) groups is 2. The maximum Gasteiger partial charge on any atom is 0.354 e. The normalized spacial score (nSPS) is 14.7. The number of halogens is 1. The van der Waals surface area contributed by atoms with Crippen molar-refractivity contribution in [1.29, 1.82) is 0 Å². The molecule has 1 aromatic heterocycles. The fraction of sp³-hybridized carbons (Fsp3) is 0.429. The van der Waals surface area contributed by atoms with E-state index < -0.39 is 16.0 Å². The summed E-state index contributed by atoms with van der Waals surface area (Å²) < 4.78 is 33.2. The zero-order valence-electron chi connectivity index (χ0n) is 18.3. The first kappa shape index (κ1) is 24.1. The van der Waals surface area contributed by atoms with Crippen LogP contribution in [0.3, 0.4) is 0 Å². The number of aryl methyl sites for hydroxylation is 1. The summed E-state index contributed by atoms with van der Waals surface area (Å²) in [6.45, 7) is 3.85. The number of sulfonamides is 1. The molecule has 0 saturated carbocycles. The monoisotopic (exact) mass is 482 g/mol. The number of anilines is 1. The molecule has 1 fully saturated rings. The molecule has 2 heterocycles. The van der Waals surface area contributed by atoms with Crippen molar-refractivity contribution in [2.45, 2.75) is 11.8 Å². The lowest BCUT2D eigenvalue weighted by molar-refractivity contribution is -0.131. The Morgan fingerprint density at radius 1 is 1.12 bits per heavy atom. The molecule has 3 rings (SSSR count). The van der Waals surface area contributed by atoms with Crippen molar-refractivity contribution in [3.05, 3.63) is 47.2 Å². The van der Waals surface area contributed by atoms with E-state index in [1.54, 1.807) is 18.9 Å². The second kappa shape index (κ2) is 9.93. The Morgan fingerprint density at radius 3 is 2.34 bits per heavy atom. The third-order valence-corrected chi connectivity index (χ3v) is 7.38. The number of hydrogen-bond acceptors (Lipinski definition) is 6. The lowest BCUT2D eigenvalue weighted by atomic mass is 10.2. The number of ether oxygens (including phenoxy) is 1. The Labute approximate surface area is 193 Å². The lowest BCUT2D eigenvalue weighted by Gasteiger charge is -2.36. The predicted molar refractivity (Wildman–Crippen MR) is 121 cm³/mol. The van der Waals surface area contributed by atoms with E-state index in [1.807, 2.05) is 24.3 Å². The Kier molecular flexibility index (Phi) is 7.47. The summed E-state index contributed by atoms with van der Waals surface area (Å²) in [5, 5.41) is 0.666. The maximum absolute atomic E-state index is 12.9. The molecule has 9 nitrogen and oxygen atoms in total. The van der Waals surface area contributed by atoms with E-state index in [2.05, 4.69) is 4.90 Å². The van der Waals surface area contributed by atoms with Crippen LogP contribution < -0.4 is 4.90 Å². The molecule has 0 spiro atoms. The zero-order chi connectivity index (χ0) is 23.5. The topological polar surface area (TPSA) is 92.2 Å². The van der Waals surface area contributed by atoms with Gasteiger partial charge in [-0.1, -0.05) is 11.6 Å². The highest BCUT2D eigenvalue weighted by molar-refractivity contribution is 7.89. The van der Waals surface area contributed by atoms with Gasteiger partial charge in [-0.2, -0.15) is 4.31 Å². The Morgan fingerprint density at radius 2 is 1.75 bits per heavy atom. The van der Waals surface area contributed by atoms with Gasteiger partial charge in [0, 0.05) is 57.2 Å². The van der Waals surface area contributed by atoms with Gasteiger partial charge in [0.05, 0.1) is 13.2 Å². The van der Waals surface area contributed by atoms with Gasteiger partial charge in [-0.15, -0.1) is 0 Å². The molecule has 0 atom stereocenters. The zero-order valence-corrected chi connectivity index (χ0v) is 19.9. The van der Waals surface area contributed by atoms with Crippen LogP contribution in [-0.4, -0.2) is 80.4 Å². The van der Waals surface area contributed by atoms with Gasteiger partial charge >= 0.3 is 5.97 Å². The van der Waals surface area contributed by atoms with Gasteiger partial charge in [0.15, 0.2) is 0 Å². The number of rotatable bonds is 7. The summed E-state index contributed by atoms with van der Waals surface area (Å²) in [6, 6.07) is 8.78. The van der Waals surface area contributed by atoms with Crippen LogP contribution in [-0.2, 0) is 26.6 Å². The van der Waals surface area contributed by atoms with E-state index in [9.17, 15) is 18.0 Å². The molecule has 1 saturated heterocycles. The van der Waals surface area contributed by atoms with E-state index in [0.29, 0.717) is 31.2 Å². The van der Waals surface area contributed by atoms with Crippen molar-refractivity contribution in [2.75, 3.05) is 51.3 Å². The van der Waals surface area contributed by atoms with Crippen molar-refractivity contribution in [2.24, 2.45) is 7.05 Å². The maximum atomic E-state index is 12.9. The first-order valence-corrected chi connectivity index (χ1v) is 12.0. The largest absolute Gasteiger partial charge is 0.461 e. The highest BCUT2D eigenvalue weighted by Crippen LogP contribution is 2.21. The minimum Gasteiger partial charge on any atom is -0.461 e. The highest BCUT2D eigenvalue weighted by atomic mass is 35.5. The van der Waals surface area contributed by atoms with Crippen molar-refractivity contribution in [3.63, 3.8) is 0 Å². The smallest absolute Gasteiger partial charge is 0.354 e. The minimum atomic E-state index is -3.95. The average Bonchev–Trinajstić information content (AvgIpc) is 3.17. The van der Waals surface area contributed by atoms with E-state index in [1.165, 1.54) is 23.9 Å². The minimum absolute atomic E-state index is 0.0640. The fourth-order valence-corrected chi connectivity index (χ4v) is 4.82. The Bertz CT molecular complexity index is 1080. The SMILES string of the molecule is CCOC(=O)c1cc(S(=O)(=O)N(C)CC(=O)N2CCN(c3ccc(Cl)cc3)CC2)cn1C. The van der Waals surface area contributed by atoms with Gasteiger partial charge in [-0.3, -0.25) is 4.79 Å². The van der Waals surface area contributed by atoms with E-state index in [-0.39, 0.29) is 29.6 Å². The lowest BCUT2D eigenvalue weighted by Crippen LogP contribution is -2.51. The van der Waals surface area contributed by atoms with Crippen LogP contribution in [0.1, 0.15) is 17.4 Å². The summed E-state index contributed by atoms with van der Waals surface area (Å²) in [5.74, 6) is -0.873. The molecule has 1 aliphatic heterocycles. The van der Waals surface area contributed by atoms with Gasteiger partial charge in [0.25, 0.3) is 0 Å². The van der Waals surface area contributed by atoms with Crippen LogP contribution in [0.25, 0.3) is 0 Å². The van der Waals surface area contributed by atoms with E-state index in [4.69, 9.17) is 16.3 Å². The van der Waals surface area contributed by atoms with Crippen molar-refractivity contribution >= 4 is 39.2 Å². The van der Waals surface area contributed by atoms with Crippen molar-refractivity contribution in [1.82, 2.24) is 13.8 Å². The number of nitrogens with zero attached hydrogens (tertiary/aromatic N) is 4. The Balaban J connectivity index is 1.61. The first-order chi connectivity index (χ1) is 15.1. The second-order valence-electron chi connectivity index (χ2n) is 7.50. The van der Waals surface area contributed by atoms with E-state index in [0.717, 1.165) is 9.99 Å². The molecular formula is C21H27ClN4O5S. The van der Waals surface area contributed by atoms with Gasteiger partial charge in [0.1, 0.15) is 10.6 Å². The van der Waals surface area contributed by atoms with Crippen molar-refractivity contribution < 1.29 is 22.7 Å². The molecule has 32 heavy (non-hydrogen) atoms. The third kappa shape index (κ3) is 5.25. The highest BCUT2D eigenvalue weighted by Gasteiger charge is 2.29. The predicted octanol–water partition coefficient (Wildman–Crippen LogP) is 1.82. The quantitative estimate of drug-likeness (QED) is 0.559. The molecule has 1 amide bonds. The first-order valence-electron chi connectivity index (χ1n) is 10.2. The van der Waals surface area contributed by atoms with E-state index >= 15 is 0 Å². The van der Waals surface area contributed by atoms with Gasteiger partial charge in [-0.05, 0) is 37.3 Å². The molecule has 2 aromatic rings. The molecule has 0 bridgehead atoms. The van der Waals surface area contributed by atoms with Crippen LogP contribution >= 0.6 is 11.6 Å². The molecule has 0 unspecified atom stereocenters. The van der Waals surface area contributed by atoms with Gasteiger partial charge < -0.3 is 19.1 Å². The number of esters is 1. The van der Waals surface area contributed by atoms with Crippen LogP contribution in [0.15, 0.2) is 41.4 Å². The molecule has 0 aliphatic carbocycles. The number of piperazine rings is 1. The number of benzene rings is 1. The molecule has 174 valence electrons. The molecule has 0 radical (unpaired) electrons. The number of likely N-dealkylation sites (N-methyl/N-ethyl adjacent to an activating group) is 1. The summed E-state index contributed by atoms with van der Waals surface area (Å²) in [5.41, 5.74) is 1.16. The number of aromatic nitrogens is 1. The molecule has 1 aromatic carbocycles. The summed E-state index contributed by atoms with van der Waals surface area (Å²) in [6.07, 6.45) is 1.34. The van der Waals surface area contributed by atoms with Crippen LogP contribution in [0.4, 0.5) is 5.69 Å². The van der Waals surface area contributed by atoms with Crippen LogP contribution in [0.2, 0.25) is 5.02 Å². The van der Waals surface area contributed by atoms with Crippen LogP contribution in [0, 0.1) is 0 Å². The average molecular weight is 483 g/mol. The fourth-order valence-electron chi connectivity index (χ4n) is 3.50. The molecular weight excluding hydrogens is 456 g/mol. The summed E-state index contributed by atoms with van der Waals surface area (Å²) in [4.78, 5) is 28.5. The number of hydrogen-bond donors (Lipinski definition) is 0. The van der Waals surface area contributed by atoms with Crippen LogP contribution in [0.5, 0.6) is 0 Å². The molecule has 11 heteroatoms. The molecule has 1 aliphatic rings. The molecule has 0 N–H and O–H groups in total. The number of carbonyl (C=O) groups excluding carboxylic acids is 2. The van der Waals surface area contributed by atoms with Crippen molar-refractivity contribution in [3.8, 4) is 0 Å². The van der Waals surface area contributed by atoms with Gasteiger partial charge in [-0.25, -0.2) is 13.2 Å². The Hall–Kier alpha value is -2.56. The van der Waals surface area contributed by atoms with Gasteiger partial charge in [0.2, 0.25) is 15.9 Å². The summed E-state index contributed by atoms with van der Waals surface area (Å²) in [7, 11) is -1.02. The standard InChI is InChI=1S/C21H27ClN4O5S/c1-4-31-21(28)19-13-18(14-23(19)2)32(29,30)24(3)15-20(27)26-11-9-25(10-12-26)17-7-5-16(22)6-8-17/h5-8,13-14H,4,9-12,15H2,1-3H3.